The first kappa shape index (κ1) is 22.8. The Morgan fingerprint density at radius 3 is 1.82 bits per heavy atom. The van der Waals surface area contributed by atoms with Crippen molar-refractivity contribution in [3.63, 3.8) is 0 Å². The van der Waals surface area contributed by atoms with Gasteiger partial charge in [-0.1, -0.05) is 81.8 Å². The summed E-state index contributed by atoms with van der Waals surface area (Å²) >= 11 is 0. The molecular weight excluding hydrogens is 408 g/mol. The van der Waals surface area contributed by atoms with Gasteiger partial charge in [0, 0.05) is 11.4 Å². The van der Waals surface area contributed by atoms with Crippen molar-refractivity contribution in [1.29, 1.82) is 0 Å². The highest BCUT2D eigenvalue weighted by Crippen LogP contribution is 2.46. The highest BCUT2D eigenvalue weighted by Gasteiger charge is 2.58. The van der Waals surface area contributed by atoms with Gasteiger partial charge in [-0.3, -0.25) is 14.5 Å². The molecule has 0 aliphatic carbocycles. The van der Waals surface area contributed by atoms with Crippen LogP contribution in [0.2, 0.25) is 0 Å². The average Bonchev–Trinajstić information content (AvgIpc) is 2.78. The number of hydrogen-bond acceptors (Lipinski definition) is 2. The molecule has 2 amide bonds. The molecule has 3 aromatic carbocycles. The average molecular weight is 441 g/mol. The fourth-order valence-electron chi connectivity index (χ4n) is 4.43. The van der Waals surface area contributed by atoms with E-state index in [4.69, 9.17) is 0 Å². The molecule has 1 unspecified atom stereocenters. The maximum absolute atomic E-state index is 13.8. The fraction of sp³-hybridized carbons (Fsp3) is 0.310. The van der Waals surface area contributed by atoms with Crippen molar-refractivity contribution >= 4 is 23.2 Å². The SMILES string of the molecule is Cc1ccc(C2(C(=O)Nc3ccc(C(C)C)cc3)CC(=O)N2c2ccc(C(C)C)cc2)cc1. The largest absolute Gasteiger partial charge is 0.324 e. The van der Waals surface area contributed by atoms with Crippen LogP contribution in [-0.4, -0.2) is 11.8 Å². The molecule has 4 heteroatoms. The van der Waals surface area contributed by atoms with E-state index < -0.39 is 5.54 Å². The number of carbonyl (C=O) groups is 2. The Morgan fingerprint density at radius 2 is 1.33 bits per heavy atom. The summed E-state index contributed by atoms with van der Waals surface area (Å²) in [6.45, 7) is 10.6. The molecule has 170 valence electrons. The number of benzene rings is 3. The van der Waals surface area contributed by atoms with Crippen molar-refractivity contribution in [2.75, 3.05) is 10.2 Å². The van der Waals surface area contributed by atoms with Crippen LogP contribution in [0.3, 0.4) is 0 Å². The van der Waals surface area contributed by atoms with Crippen LogP contribution in [0.25, 0.3) is 0 Å². The lowest BCUT2D eigenvalue weighted by atomic mass is 9.75. The Bertz CT molecular complexity index is 1150. The molecule has 3 aromatic rings. The Kier molecular flexibility index (Phi) is 6.11. The minimum Gasteiger partial charge on any atom is -0.324 e. The summed E-state index contributed by atoms with van der Waals surface area (Å²) in [7, 11) is 0. The Balaban J connectivity index is 1.73. The van der Waals surface area contributed by atoms with Crippen molar-refractivity contribution in [1.82, 2.24) is 0 Å². The third-order valence-electron chi connectivity index (χ3n) is 6.60. The van der Waals surface area contributed by atoms with Crippen molar-refractivity contribution < 1.29 is 9.59 Å². The van der Waals surface area contributed by atoms with E-state index in [0.29, 0.717) is 11.8 Å². The van der Waals surface area contributed by atoms with Crippen LogP contribution >= 0.6 is 0 Å². The van der Waals surface area contributed by atoms with Crippen molar-refractivity contribution in [2.24, 2.45) is 0 Å². The summed E-state index contributed by atoms with van der Waals surface area (Å²) in [5.41, 5.74) is 4.72. The number of nitrogens with zero attached hydrogens (tertiary/aromatic N) is 1. The van der Waals surface area contributed by atoms with Gasteiger partial charge in [-0.15, -0.1) is 0 Å². The van der Waals surface area contributed by atoms with Gasteiger partial charge in [0.05, 0.1) is 6.42 Å². The molecule has 1 saturated heterocycles. The van der Waals surface area contributed by atoms with Crippen LogP contribution in [0.5, 0.6) is 0 Å². The lowest BCUT2D eigenvalue weighted by molar-refractivity contribution is -0.137. The Hall–Kier alpha value is -3.40. The van der Waals surface area contributed by atoms with Crippen LogP contribution < -0.4 is 10.2 Å². The summed E-state index contributed by atoms with van der Waals surface area (Å²) in [5, 5.41) is 3.08. The molecular formula is C29H32N2O2. The molecule has 4 rings (SSSR count). The zero-order valence-electron chi connectivity index (χ0n) is 20.1. The molecule has 33 heavy (non-hydrogen) atoms. The summed E-state index contributed by atoms with van der Waals surface area (Å²) in [6.07, 6.45) is 0.137. The van der Waals surface area contributed by atoms with Crippen molar-refractivity contribution in [3.8, 4) is 0 Å². The molecule has 1 aliphatic rings. The molecule has 4 nitrogen and oxygen atoms in total. The minimum absolute atomic E-state index is 0.0572. The van der Waals surface area contributed by atoms with E-state index in [9.17, 15) is 9.59 Å². The van der Waals surface area contributed by atoms with E-state index in [2.05, 4.69) is 33.0 Å². The molecule has 1 fully saturated rings. The van der Waals surface area contributed by atoms with Gasteiger partial charge in [0.2, 0.25) is 5.91 Å². The number of rotatable bonds is 6. The third kappa shape index (κ3) is 4.18. The third-order valence-corrected chi connectivity index (χ3v) is 6.60. The topological polar surface area (TPSA) is 49.4 Å². The smallest absolute Gasteiger partial charge is 0.255 e. The van der Waals surface area contributed by atoms with Crippen LogP contribution in [0.1, 0.15) is 68.2 Å². The first-order valence-corrected chi connectivity index (χ1v) is 11.6. The van der Waals surface area contributed by atoms with Gasteiger partial charge in [-0.25, -0.2) is 0 Å². The Labute approximate surface area is 196 Å². The second-order valence-electron chi connectivity index (χ2n) is 9.61. The first-order chi connectivity index (χ1) is 15.7. The molecule has 0 aromatic heterocycles. The number of nitrogens with one attached hydrogen (secondary N) is 1. The van der Waals surface area contributed by atoms with E-state index in [1.165, 1.54) is 11.1 Å². The highest BCUT2D eigenvalue weighted by molar-refractivity contribution is 6.17. The number of anilines is 2. The molecule has 1 aliphatic heterocycles. The summed E-state index contributed by atoms with van der Waals surface area (Å²) < 4.78 is 0. The molecule has 0 saturated carbocycles. The summed E-state index contributed by atoms with van der Waals surface area (Å²) in [4.78, 5) is 28.4. The van der Waals surface area contributed by atoms with Gasteiger partial charge in [-0.2, -0.15) is 0 Å². The lowest BCUT2D eigenvalue weighted by Gasteiger charge is -2.50. The molecule has 0 radical (unpaired) electrons. The van der Waals surface area contributed by atoms with E-state index >= 15 is 0 Å². The van der Waals surface area contributed by atoms with E-state index in [1.807, 2.05) is 79.7 Å². The quantitative estimate of drug-likeness (QED) is 0.444. The molecule has 1 N–H and O–H groups in total. The van der Waals surface area contributed by atoms with Crippen molar-refractivity contribution in [3.05, 3.63) is 95.1 Å². The Morgan fingerprint density at radius 1 is 0.818 bits per heavy atom. The van der Waals surface area contributed by atoms with Crippen LogP contribution in [0, 0.1) is 6.92 Å². The van der Waals surface area contributed by atoms with Gasteiger partial charge >= 0.3 is 0 Å². The number of amides is 2. The van der Waals surface area contributed by atoms with Gasteiger partial charge in [0.15, 0.2) is 5.54 Å². The molecule has 1 atom stereocenters. The number of carbonyl (C=O) groups excluding carboxylic acids is 2. The zero-order valence-corrected chi connectivity index (χ0v) is 20.1. The maximum Gasteiger partial charge on any atom is 0.255 e. The van der Waals surface area contributed by atoms with E-state index in [-0.39, 0.29) is 18.2 Å². The standard InChI is InChI=1S/C29H32N2O2/c1-19(2)22-8-14-25(15-9-22)30-28(33)29(24-12-6-21(5)7-13-24)18-27(32)31(29)26-16-10-23(11-17-26)20(3)4/h6-17,19-20H,18H2,1-5H3,(H,30,33). The second kappa shape index (κ2) is 8.86. The normalized spacial score (nSPS) is 17.9. The van der Waals surface area contributed by atoms with Crippen LogP contribution in [-0.2, 0) is 15.1 Å². The molecule has 0 spiro atoms. The highest BCUT2D eigenvalue weighted by atomic mass is 16.2. The van der Waals surface area contributed by atoms with Gasteiger partial charge in [0.1, 0.15) is 0 Å². The summed E-state index contributed by atoms with van der Waals surface area (Å²) in [5.74, 6) is 0.557. The van der Waals surface area contributed by atoms with Crippen LogP contribution in [0.15, 0.2) is 72.8 Å². The number of hydrogen-bond donors (Lipinski definition) is 1. The first-order valence-electron chi connectivity index (χ1n) is 11.6. The predicted molar refractivity (Wildman–Crippen MR) is 135 cm³/mol. The van der Waals surface area contributed by atoms with Gasteiger partial charge in [-0.05, 0) is 59.7 Å². The number of β-lactam (4-membered cyclic amide) rings is 1. The van der Waals surface area contributed by atoms with E-state index in [1.54, 1.807) is 4.90 Å². The molecule has 1 heterocycles. The molecule has 0 bridgehead atoms. The monoisotopic (exact) mass is 440 g/mol. The van der Waals surface area contributed by atoms with Gasteiger partial charge in [0.25, 0.3) is 5.91 Å². The van der Waals surface area contributed by atoms with Crippen LogP contribution in [0.4, 0.5) is 11.4 Å². The summed E-state index contributed by atoms with van der Waals surface area (Å²) in [6, 6.07) is 23.8. The second-order valence-corrected chi connectivity index (χ2v) is 9.61. The van der Waals surface area contributed by atoms with E-state index in [0.717, 1.165) is 22.5 Å². The lowest BCUT2D eigenvalue weighted by Crippen LogP contribution is -2.67. The van der Waals surface area contributed by atoms with Crippen molar-refractivity contribution in [2.45, 2.75) is 58.4 Å². The maximum atomic E-state index is 13.8. The fourth-order valence-corrected chi connectivity index (χ4v) is 4.43. The zero-order chi connectivity index (χ0) is 23.8. The predicted octanol–water partition coefficient (Wildman–Crippen LogP) is 6.51. The minimum atomic E-state index is -1.08. The van der Waals surface area contributed by atoms with Gasteiger partial charge < -0.3 is 5.32 Å². The number of aryl methyl sites for hydroxylation is 1.